The lowest BCUT2D eigenvalue weighted by Crippen LogP contribution is -2.38. The number of carbonyl (C=O) groups is 1. The second-order valence-corrected chi connectivity index (χ2v) is 7.47. The van der Waals surface area contributed by atoms with Crippen molar-refractivity contribution in [2.45, 2.75) is 44.9 Å². The summed E-state index contributed by atoms with van der Waals surface area (Å²) in [6.07, 6.45) is 3.15. The zero-order valence-electron chi connectivity index (χ0n) is 15.5. The van der Waals surface area contributed by atoms with E-state index in [0.717, 1.165) is 48.2 Å². The maximum absolute atomic E-state index is 13.0. The monoisotopic (exact) mass is 378 g/mol. The van der Waals surface area contributed by atoms with Crippen molar-refractivity contribution in [2.75, 3.05) is 6.54 Å². The molecule has 1 aliphatic carbocycles. The van der Waals surface area contributed by atoms with Gasteiger partial charge in [0.1, 0.15) is 6.10 Å². The number of hydrogen-bond donors (Lipinski definition) is 1. The summed E-state index contributed by atoms with van der Waals surface area (Å²) in [6, 6.07) is 11.4. The lowest BCUT2D eigenvalue weighted by molar-refractivity contribution is 0.0662. The molecule has 7 nitrogen and oxygen atoms in total. The first kappa shape index (κ1) is 17.2. The number of aromatic nitrogens is 3. The second kappa shape index (κ2) is 6.91. The zero-order chi connectivity index (χ0) is 19.1. The second-order valence-electron chi connectivity index (χ2n) is 7.47. The van der Waals surface area contributed by atoms with Crippen molar-refractivity contribution in [3.63, 3.8) is 0 Å². The zero-order valence-corrected chi connectivity index (χ0v) is 15.5. The molecule has 0 spiro atoms. The molecule has 0 unspecified atom stereocenters. The summed E-state index contributed by atoms with van der Waals surface area (Å²) in [5.74, 6) is 0.292. The van der Waals surface area contributed by atoms with Crippen molar-refractivity contribution in [1.29, 1.82) is 0 Å². The third kappa shape index (κ3) is 2.92. The van der Waals surface area contributed by atoms with Crippen LogP contribution in [0.3, 0.4) is 0 Å². The highest BCUT2D eigenvalue weighted by Gasteiger charge is 2.30. The normalized spacial score (nSPS) is 17.1. The number of rotatable bonds is 3. The molecule has 1 atom stereocenters. The predicted octanol–water partition coefficient (Wildman–Crippen LogP) is 2.49. The predicted molar refractivity (Wildman–Crippen MR) is 101 cm³/mol. The highest BCUT2D eigenvalue weighted by atomic mass is 16.5. The molecule has 28 heavy (non-hydrogen) atoms. The maximum Gasteiger partial charge on any atom is 0.293 e. The van der Waals surface area contributed by atoms with Crippen LogP contribution in [0.4, 0.5) is 0 Å². The Balaban J connectivity index is 1.36. The largest absolute Gasteiger partial charge is 0.382 e. The molecule has 144 valence electrons. The molecule has 7 heteroatoms. The van der Waals surface area contributed by atoms with E-state index >= 15 is 0 Å². The summed E-state index contributed by atoms with van der Waals surface area (Å²) < 4.78 is 7.29. The molecule has 1 aromatic carbocycles. The molecule has 3 aromatic rings. The van der Waals surface area contributed by atoms with Crippen LogP contribution in [0, 0.1) is 0 Å². The first-order valence-corrected chi connectivity index (χ1v) is 9.77. The van der Waals surface area contributed by atoms with E-state index in [1.165, 1.54) is 0 Å². The number of fused-ring (bicyclic) bond motifs is 2. The minimum atomic E-state index is -0.773. The Kier molecular flexibility index (Phi) is 4.24. The summed E-state index contributed by atoms with van der Waals surface area (Å²) in [4.78, 5) is 14.8. The summed E-state index contributed by atoms with van der Waals surface area (Å²) in [7, 11) is 0. The molecule has 1 amide bonds. The van der Waals surface area contributed by atoms with Crippen LogP contribution in [-0.2, 0) is 25.9 Å². The number of nitrogens with zero attached hydrogens (tertiary/aromatic N) is 4. The van der Waals surface area contributed by atoms with Gasteiger partial charge in [0.25, 0.3) is 5.91 Å². The summed E-state index contributed by atoms with van der Waals surface area (Å²) in [6.45, 7) is 1.60. The van der Waals surface area contributed by atoms with Gasteiger partial charge >= 0.3 is 0 Å². The van der Waals surface area contributed by atoms with E-state index in [1.54, 1.807) is 4.90 Å². The number of amides is 1. The molecule has 2 aliphatic rings. The van der Waals surface area contributed by atoms with Gasteiger partial charge in [0, 0.05) is 12.1 Å². The van der Waals surface area contributed by atoms with E-state index in [9.17, 15) is 9.90 Å². The third-order valence-electron chi connectivity index (χ3n) is 5.65. The Morgan fingerprint density at radius 1 is 1.14 bits per heavy atom. The summed E-state index contributed by atoms with van der Waals surface area (Å²) in [5, 5.41) is 19.3. The Morgan fingerprint density at radius 2 is 1.96 bits per heavy atom. The van der Waals surface area contributed by atoms with Crippen LogP contribution in [0.25, 0.3) is 0 Å². The molecule has 0 bridgehead atoms. The van der Waals surface area contributed by atoms with Crippen LogP contribution in [0.2, 0.25) is 0 Å². The van der Waals surface area contributed by atoms with Crippen LogP contribution < -0.4 is 0 Å². The molecular weight excluding hydrogens is 356 g/mol. The first-order chi connectivity index (χ1) is 13.7. The van der Waals surface area contributed by atoms with Gasteiger partial charge < -0.3 is 14.5 Å². The topological polar surface area (TPSA) is 84.4 Å². The highest BCUT2D eigenvalue weighted by molar-refractivity contribution is 5.93. The lowest BCUT2D eigenvalue weighted by Gasteiger charge is -2.27. The number of aliphatic hydroxyl groups is 1. The summed E-state index contributed by atoms with van der Waals surface area (Å²) >= 11 is 0. The first-order valence-electron chi connectivity index (χ1n) is 9.77. The molecule has 3 heterocycles. The molecule has 0 saturated carbocycles. The number of aryl methyl sites for hydroxylation is 1. The van der Waals surface area contributed by atoms with E-state index in [-0.39, 0.29) is 5.91 Å². The highest BCUT2D eigenvalue weighted by Crippen LogP contribution is 2.27. The van der Waals surface area contributed by atoms with Gasteiger partial charge in [-0.2, -0.15) is 5.10 Å². The van der Waals surface area contributed by atoms with E-state index in [1.807, 2.05) is 41.1 Å². The van der Waals surface area contributed by atoms with Gasteiger partial charge in [-0.1, -0.05) is 35.5 Å². The standard InChI is InChI=1S/C21H22N4O3/c26-19(14-6-2-1-3-7-14)18-12-15-13-24(10-11-25(15)22-18)21(27)20-16-8-4-5-9-17(16)23-28-20/h1-3,6-7,12,19,26H,4-5,8-11,13H2/t19-/m1/s1. The van der Waals surface area contributed by atoms with Gasteiger partial charge in [0.15, 0.2) is 0 Å². The van der Waals surface area contributed by atoms with Crippen molar-refractivity contribution in [3.8, 4) is 0 Å². The van der Waals surface area contributed by atoms with Gasteiger partial charge in [-0.05, 0) is 37.3 Å². The minimum absolute atomic E-state index is 0.103. The average molecular weight is 378 g/mol. The fraction of sp³-hybridized carbons (Fsp3) is 0.381. The van der Waals surface area contributed by atoms with Crippen molar-refractivity contribution < 1.29 is 14.4 Å². The Labute approximate surface area is 162 Å². The number of carbonyl (C=O) groups excluding carboxylic acids is 1. The van der Waals surface area contributed by atoms with E-state index in [4.69, 9.17) is 4.52 Å². The molecule has 1 N–H and O–H groups in total. The summed E-state index contributed by atoms with van der Waals surface area (Å²) in [5.41, 5.74) is 4.24. The fourth-order valence-electron chi connectivity index (χ4n) is 4.10. The molecular formula is C21H22N4O3. The molecule has 0 radical (unpaired) electrons. The van der Waals surface area contributed by atoms with Crippen LogP contribution in [0.15, 0.2) is 40.9 Å². The van der Waals surface area contributed by atoms with Crippen molar-refractivity contribution >= 4 is 5.91 Å². The molecule has 2 aromatic heterocycles. The van der Waals surface area contributed by atoms with E-state index in [0.29, 0.717) is 31.1 Å². The lowest BCUT2D eigenvalue weighted by atomic mass is 9.96. The SMILES string of the molecule is O=C(c1onc2c1CCCC2)N1CCn2nc([C@H](O)c3ccccc3)cc2C1. The maximum atomic E-state index is 13.0. The number of hydrogen-bond acceptors (Lipinski definition) is 5. The van der Waals surface area contributed by atoms with Crippen LogP contribution in [0.1, 0.15) is 57.7 Å². The van der Waals surface area contributed by atoms with Gasteiger partial charge in [-0.3, -0.25) is 9.48 Å². The quantitative estimate of drug-likeness (QED) is 0.757. The van der Waals surface area contributed by atoms with Crippen molar-refractivity contribution in [2.24, 2.45) is 0 Å². The van der Waals surface area contributed by atoms with Crippen molar-refractivity contribution in [1.82, 2.24) is 19.8 Å². The smallest absolute Gasteiger partial charge is 0.293 e. The number of benzene rings is 1. The third-order valence-corrected chi connectivity index (χ3v) is 5.65. The van der Waals surface area contributed by atoms with Gasteiger partial charge in [0.2, 0.25) is 5.76 Å². The fourth-order valence-corrected chi connectivity index (χ4v) is 4.10. The average Bonchev–Trinajstić information content (AvgIpc) is 3.37. The van der Waals surface area contributed by atoms with Crippen molar-refractivity contribution in [3.05, 3.63) is 70.4 Å². The van der Waals surface area contributed by atoms with Gasteiger partial charge in [-0.25, -0.2) is 0 Å². The van der Waals surface area contributed by atoms with E-state index < -0.39 is 6.10 Å². The molecule has 0 fully saturated rings. The van der Waals surface area contributed by atoms with Crippen LogP contribution in [0.5, 0.6) is 0 Å². The van der Waals surface area contributed by atoms with Gasteiger partial charge in [-0.15, -0.1) is 0 Å². The minimum Gasteiger partial charge on any atom is -0.382 e. The Bertz CT molecular complexity index is 1010. The van der Waals surface area contributed by atoms with Crippen LogP contribution in [-0.4, -0.2) is 37.4 Å². The molecule has 0 saturated heterocycles. The molecule has 5 rings (SSSR count). The van der Waals surface area contributed by atoms with Crippen LogP contribution >= 0.6 is 0 Å². The van der Waals surface area contributed by atoms with E-state index in [2.05, 4.69) is 10.3 Å². The van der Waals surface area contributed by atoms with Gasteiger partial charge in [0.05, 0.1) is 30.2 Å². The molecule has 1 aliphatic heterocycles. The number of aliphatic hydroxyl groups excluding tert-OH is 1. The Morgan fingerprint density at radius 3 is 2.82 bits per heavy atom. The Hall–Kier alpha value is -2.93.